The Morgan fingerprint density at radius 1 is 1.47 bits per heavy atom. The first kappa shape index (κ1) is 11.1. The van der Waals surface area contributed by atoms with E-state index in [1.165, 1.54) is 0 Å². The Hall–Kier alpha value is -2.00. The highest BCUT2D eigenvalue weighted by atomic mass is 16.4. The molecule has 5 nitrogen and oxygen atoms in total. The van der Waals surface area contributed by atoms with Crippen molar-refractivity contribution in [3.8, 4) is 0 Å². The first-order valence-electron chi connectivity index (χ1n) is 4.48. The number of rotatable bonds is 4. The number of aliphatic carboxylic acids is 1. The summed E-state index contributed by atoms with van der Waals surface area (Å²) in [6, 6.07) is 8.06. The number of carbonyl (C=O) groups is 1. The maximum absolute atomic E-state index is 10.8. The van der Waals surface area contributed by atoms with Gasteiger partial charge in [-0.1, -0.05) is 42.4 Å². The topological polar surface area (TPSA) is 86.1 Å². The molecule has 1 aromatic carbocycles. The van der Waals surface area contributed by atoms with Crippen molar-refractivity contribution >= 4 is 5.97 Å². The van der Waals surface area contributed by atoms with Crippen LogP contribution in [0, 0.1) is 0 Å². The van der Waals surface area contributed by atoms with Crippen LogP contribution in [0.3, 0.4) is 0 Å². The predicted octanol–water partition coefficient (Wildman–Crippen LogP) is 2.55. The lowest BCUT2D eigenvalue weighted by Gasteiger charge is -2.15. The molecule has 2 atom stereocenters. The maximum Gasteiger partial charge on any atom is 0.313 e. The number of nitrogens with zero attached hydrogens (tertiary/aromatic N) is 3. The molecular formula is C10H11N3O2. The smallest absolute Gasteiger partial charge is 0.313 e. The van der Waals surface area contributed by atoms with Crippen LogP contribution >= 0.6 is 0 Å². The van der Waals surface area contributed by atoms with Gasteiger partial charge in [0, 0.05) is 10.8 Å². The van der Waals surface area contributed by atoms with E-state index in [2.05, 4.69) is 10.0 Å². The van der Waals surface area contributed by atoms with Gasteiger partial charge in [-0.15, -0.1) is 0 Å². The van der Waals surface area contributed by atoms with Crippen LogP contribution in [0.15, 0.2) is 35.4 Å². The molecule has 1 N–H and O–H groups in total. The van der Waals surface area contributed by atoms with E-state index in [0.717, 1.165) is 5.56 Å². The minimum Gasteiger partial charge on any atom is -0.481 e. The lowest BCUT2D eigenvalue weighted by Crippen LogP contribution is -2.23. The summed E-state index contributed by atoms with van der Waals surface area (Å²) in [6.45, 7) is 1.72. The summed E-state index contributed by atoms with van der Waals surface area (Å²) in [4.78, 5) is 13.4. The summed E-state index contributed by atoms with van der Waals surface area (Å²) in [5, 5.41) is 12.2. The molecule has 0 bridgehead atoms. The highest BCUT2D eigenvalue weighted by Crippen LogP contribution is 2.21. The number of carboxylic acid groups (broad SMARTS) is 1. The van der Waals surface area contributed by atoms with Gasteiger partial charge < -0.3 is 5.11 Å². The van der Waals surface area contributed by atoms with Crippen molar-refractivity contribution in [2.75, 3.05) is 0 Å². The first-order chi connectivity index (χ1) is 7.16. The Bertz CT molecular complexity index is 383. The first-order valence-corrected chi connectivity index (χ1v) is 4.48. The van der Waals surface area contributed by atoms with Crippen LogP contribution in [0.5, 0.6) is 0 Å². The van der Waals surface area contributed by atoms with Gasteiger partial charge in [-0.2, -0.15) is 0 Å². The quantitative estimate of drug-likeness (QED) is 0.465. The van der Waals surface area contributed by atoms with Crippen molar-refractivity contribution in [1.29, 1.82) is 0 Å². The van der Waals surface area contributed by atoms with Crippen LogP contribution in [-0.4, -0.2) is 17.1 Å². The molecule has 15 heavy (non-hydrogen) atoms. The van der Waals surface area contributed by atoms with Crippen LogP contribution in [0.1, 0.15) is 18.4 Å². The molecular weight excluding hydrogens is 194 g/mol. The van der Waals surface area contributed by atoms with Crippen molar-refractivity contribution in [2.45, 2.75) is 18.9 Å². The molecule has 0 saturated carbocycles. The van der Waals surface area contributed by atoms with Gasteiger partial charge in [-0.25, -0.2) is 0 Å². The molecule has 0 heterocycles. The van der Waals surface area contributed by atoms with E-state index in [1.807, 2.05) is 30.3 Å². The molecule has 5 heteroatoms. The minimum absolute atomic E-state index is 0.334. The Morgan fingerprint density at radius 3 is 2.53 bits per heavy atom. The van der Waals surface area contributed by atoms with Crippen molar-refractivity contribution in [3.05, 3.63) is 46.3 Å². The highest BCUT2D eigenvalue weighted by Gasteiger charge is 2.24. The third-order valence-electron chi connectivity index (χ3n) is 2.23. The summed E-state index contributed by atoms with van der Waals surface area (Å²) in [5.41, 5.74) is 9.12. The fraction of sp³-hybridized carbons (Fsp3) is 0.300. The van der Waals surface area contributed by atoms with Gasteiger partial charge >= 0.3 is 5.97 Å². The molecule has 0 saturated heterocycles. The van der Waals surface area contributed by atoms with Crippen molar-refractivity contribution in [3.63, 3.8) is 0 Å². The Kier molecular flexibility index (Phi) is 3.71. The number of hydrogen-bond donors (Lipinski definition) is 1. The van der Waals surface area contributed by atoms with Crippen molar-refractivity contribution in [1.82, 2.24) is 0 Å². The second-order valence-corrected chi connectivity index (χ2v) is 3.19. The third-order valence-corrected chi connectivity index (χ3v) is 2.23. The third kappa shape index (κ3) is 2.72. The molecule has 0 unspecified atom stereocenters. The van der Waals surface area contributed by atoms with Gasteiger partial charge in [0.1, 0.15) is 6.04 Å². The average molecular weight is 205 g/mol. The van der Waals surface area contributed by atoms with Gasteiger partial charge in [0.05, 0.1) is 0 Å². The molecule has 78 valence electrons. The van der Waals surface area contributed by atoms with Crippen molar-refractivity contribution < 1.29 is 9.90 Å². The molecule has 0 spiro atoms. The van der Waals surface area contributed by atoms with Crippen LogP contribution in [0.4, 0.5) is 0 Å². The van der Waals surface area contributed by atoms with Crippen LogP contribution in [0.2, 0.25) is 0 Å². The second-order valence-electron chi connectivity index (χ2n) is 3.19. The van der Waals surface area contributed by atoms with Gasteiger partial charge in [0.25, 0.3) is 0 Å². The maximum atomic E-state index is 10.8. The van der Waals surface area contributed by atoms with E-state index in [4.69, 9.17) is 10.6 Å². The number of carboxylic acids is 1. The van der Waals surface area contributed by atoms with Gasteiger partial charge in [-0.3, -0.25) is 4.79 Å². The van der Waals surface area contributed by atoms with Crippen LogP contribution < -0.4 is 0 Å². The van der Waals surface area contributed by atoms with E-state index < -0.39 is 12.0 Å². The Morgan fingerprint density at radius 2 is 2.07 bits per heavy atom. The molecule has 0 radical (unpaired) electrons. The number of azide groups is 1. The van der Waals surface area contributed by atoms with Gasteiger partial charge in [-0.05, 0) is 11.1 Å². The average Bonchev–Trinajstić information content (AvgIpc) is 2.26. The molecule has 0 fully saturated rings. The molecule has 0 aliphatic rings. The minimum atomic E-state index is -1.11. The SMILES string of the molecule is C[C@@H](c1ccccc1)[C@@H](N=[N+]=[N-])C(=O)O. The zero-order valence-corrected chi connectivity index (χ0v) is 8.24. The van der Waals surface area contributed by atoms with E-state index in [0.29, 0.717) is 0 Å². The summed E-state index contributed by atoms with van der Waals surface area (Å²) in [7, 11) is 0. The zero-order valence-electron chi connectivity index (χ0n) is 8.24. The monoisotopic (exact) mass is 205 g/mol. The predicted molar refractivity (Wildman–Crippen MR) is 55.4 cm³/mol. The number of benzene rings is 1. The van der Waals surface area contributed by atoms with E-state index >= 15 is 0 Å². The summed E-state index contributed by atoms with van der Waals surface area (Å²) in [6.07, 6.45) is 0. The normalized spacial score (nSPS) is 13.7. The molecule has 1 rings (SSSR count). The molecule has 0 aliphatic heterocycles. The van der Waals surface area contributed by atoms with E-state index in [9.17, 15) is 4.79 Å². The zero-order chi connectivity index (χ0) is 11.3. The summed E-state index contributed by atoms with van der Waals surface area (Å²) >= 11 is 0. The van der Waals surface area contributed by atoms with E-state index in [1.54, 1.807) is 6.92 Å². The van der Waals surface area contributed by atoms with Gasteiger partial charge in [0.2, 0.25) is 0 Å². The summed E-state index contributed by atoms with van der Waals surface area (Å²) < 4.78 is 0. The van der Waals surface area contributed by atoms with Crippen LogP contribution in [0.25, 0.3) is 10.4 Å². The standard InChI is InChI=1S/C10H11N3O2/c1-7(8-5-3-2-4-6-8)9(10(14)15)12-13-11/h2-7,9H,1H3,(H,14,15)/t7-,9+/m0/s1. The fourth-order valence-electron chi connectivity index (χ4n) is 1.36. The second kappa shape index (κ2) is 5.02. The Labute approximate surface area is 87.0 Å². The lowest BCUT2D eigenvalue weighted by molar-refractivity contribution is -0.138. The molecule has 1 aromatic rings. The summed E-state index contributed by atoms with van der Waals surface area (Å²) in [5.74, 6) is -1.44. The van der Waals surface area contributed by atoms with E-state index in [-0.39, 0.29) is 5.92 Å². The lowest BCUT2D eigenvalue weighted by atomic mass is 9.94. The van der Waals surface area contributed by atoms with Gasteiger partial charge in [0.15, 0.2) is 0 Å². The van der Waals surface area contributed by atoms with Crippen molar-refractivity contribution in [2.24, 2.45) is 5.11 Å². The fourth-order valence-corrected chi connectivity index (χ4v) is 1.36. The number of hydrogen-bond acceptors (Lipinski definition) is 2. The molecule has 0 aromatic heterocycles. The van der Waals surface area contributed by atoms with Crippen LogP contribution in [-0.2, 0) is 4.79 Å². The molecule has 0 aliphatic carbocycles. The molecule has 0 amide bonds. The highest BCUT2D eigenvalue weighted by molar-refractivity contribution is 5.75. The largest absolute Gasteiger partial charge is 0.481 e. The Balaban J connectivity index is 2.95.